The second-order valence-electron chi connectivity index (χ2n) is 4.70. The number of amides is 1. The van der Waals surface area contributed by atoms with E-state index in [1.54, 1.807) is 26.4 Å². The zero-order valence-electron chi connectivity index (χ0n) is 12.1. The highest BCUT2D eigenvalue weighted by Gasteiger charge is 2.15. The minimum atomic E-state index is -0.215. The van der Waals surface area contributed by atoms with Crippen LogP contribution in [0.5, 0.6) is 6.01 Å². The monoisotopic (exact) mass is 310 g/mol. The topological polar surface area (TPSA) is 86.0 Å². The highest BCUT2D eigenvalue weighted by Crippen LogP contribution is 2.12. The third kappa shape index (κ3) is 3.66. The van der Waals surface area contributed by atoms with Crippen LogP contribution in [0, 0.1) is 0 Å². The van der Waals surface area contributed by atoms with Crippen molar-refractivity contribution in [2.24, 2.45) is 0 Å². The highest BCUT2D eigenvalue weighted by molar-refractivity contribution is 6.28. The van der Waals surface area contributed by atoms with Crippen molar-refractivity contribution in [1.82, 2.24) is 29.6 Å². The van der Waals surface area contributed by atoms with Crippen LogP contribution in [0.2, 0.25) is 5.28 Å². The minimum Gasteiger partial charge on any atom is -0.461 e. The van der Waals surface area contributed by atoms with Gasteiger partial charge in [-0.2, -0.15) is 20.1 Å². The van der Waals surface area contributed by atoms with E-state index in [1.807, 2.05) is 13.8 Å². The van der Waals surface area contributed by atoms with Crippen molar-refractivity contribution in [2.45, 2.75) is 20.0 Å². The van der Waals surface area contributed by atoms with Crippen molar-refractivity contribution in [3.05, 3.63) is 23.2 Å². The van der Waals surface area contributed by atoms with Gasteiger partial charge in [-0.25, -0.2) is 4.68 Å². The third-order valence-electron chi connectivity index (χ3n) is 2.34. The molecule has 0 aromatic carbocycles. The molecule has 0 N–H and O–H groups in total. The van der Waals surface area contributed by atoms with E-state index in [2.05, 4.69) is 20.1 Å². The number of hydrogen-bond donors (Lipinski definition) is 0. The van der Waals surface area contributed by atoms with Gasteiger partial charge < -0.3 is 9.64 Å². The normalized spacial score (nSPS) is 10.8. The fourth-order valence-electron chi connectivity index (χ4n) is 1.47. The Morgan fingerprint density at radius 2 is 2.05 bits per heavy atom. The highest BCUT2D eigenvalue weighted by atomic mass is 35.5. The maximum atomic E-state index is 11.8. The van der Waals surface area contributed by atoms with Gasteiger partial charge in [-0.05, 0) is 31.5 Å². The molecule has 0 spiro atoms. The van der Waals surface area contributed by atoms with Crippen LogP contribution in [0.15, 0.2) is 12.3 Å². The van der Waals surface area contributed by atoms with Crippen molar-refractivity contribution in [2.75, 3.05) is 14.1 Å². The first kappa shape index (κ1) is 15.2. The number of carbonyl (C=O) groups excluding carboxylic acids is 1. The summed E-state index contributed by atoms with van der Waals surface area (Å²) in [4.78, 5) is 25.2. The fraction of sp³-hybridized carbons (Fsp3) is 0.417. The molecule has 2 heterocycles. The number of rotatable bonds is 4. The van der Waals surface area contributed by atoms with Gasteiger partial charge in [0.15, 0.2) is 5.69 Å². The van der Waals surface area contributed by atoms with Gasteiger partial charge in [0.05, 0.1) is 6.10 Å². The molecule has 2 rings (SSSR count). The Balaban J connectivity index is 2.34. The average molecular weight is 311 g/mol. The lowest BCUT2D eigenvalue weighted by molar-refractivity contribution is 0.0821. The average Bonchev–Trinajstić information content (AvgIpc) is 2.85. The van der Waals surface area contributed by atoms with Crippen LogP contribution >= 0.6 is 11.6 Å². The molecule has 8 nitrogen and oxygen atoms in total. The quantitative estimate of drug-likeness (QED) is 0.843. The second kappa shape index (κ2) is 6.04. The Morgan fingerprint density at radius 1 is 1.33 bits per heavy atom. The molecule has 0 saturated heterocycles. The number of halogens is 1. The van der Waals surface area contributed by atoms with Crippen LogP contribution in [-0.2, 0) is 0 Å². The van der Waals surface area contributed by atoms with Crippen molar-refractivity contribution < 1.29 is 9.53 Å². The molecule has 0 saturated carbocycles. The van der Waals surface area contributed by atoms with Crippen molar-refractivity contribution in [1.29, 1.82) is 0 Å². The zero-order valence-corrected chi connectivity index (χ0v) is 12.9. The van der Waals surface area contributed by atoms with Gasteiger partial charge in [0.2, 0.25) is 5.28 Å². The van der Waals surface area contributed by atoms with Crippen molar-refractivity contribution in [3.8, 4) is 12.0 Å². The van der Waals surface area contributed by atoms with E-state index in [1.165, 1.54) is 9.58 Å². The fourth-order valence-corrected chi connectivity index (χ4v) is 1.61. The van der Waals surface area contributed by atoms with Crippen LogP contribution in [0.25, 0.3) is 5.95 Å². The van der Waals surface area contributed by atoms with Crippen LogP contribution in [-0.4, -0.2) is 55.7 Å². The standard InChI is InChI=1S/C12H15ClN6O2/c1-7(2)21-12-15-10(13)14-11(16-12)19-6-5-8(17-19)9(20)18(3)4/h5-7H,1-4H3. The predicted octanol–water partition coefficient (Wildman–Crippen LogP) is 1.20. The van der Waals surface area contributed by atoms with Crippen molar-refractivity contribution in [3.63, 3.8) is 0 Å². The van der Waals surface area contributed by atoms with E-state index >= 15 is 0 Å². The molecular weight excluding hydrogens is 296 g/mol. The molecule has 0 aliphatic rings. The van der Waals surface area contributed by atoms with E-state index in [0.29, 0.717) is 0 Å². The molecule has 2 aromatic heterocycles. The summed E-state index contributed by atoms with van der Waals surface area (Å²) >= 11 is 5.84. The summed E-state index contributed by atoms with van der Waals surface area (Å²) in [5.74, 6) is -0.0315. The Labute approximate surface area is 126 Å². The Hall–Kier alpha value is -2.22. The van der Waals surface area contributed by atoms with Gasteiger partial charge in [-0.15, -0.1) is 0 Å². The molecule has 21 heavy (non-hydrogen) atoms. The lowest BCUT2D eigenvalue weighted by Crippen LogP contribution is -2.22. The first-order valence-corrected chi connectivity index (χ1v) is 6.60. The molecule has 0 fully saturated rings. The van der Waals surface area contributed by atoms with E-state index in [4.69, 9.17) is 16.3 Å². The molecule has 0 atom stereocenters. The molecule has 0 radical (unpaired) electrons. The largest absolute Gasteiger partial charge is 0.461 e. The van der Waals surface area contributed by atoms with Gasteiger partial charge in [0.1, 0.15) is 0 Å². The van der Waals surface area contributed by atoms with Crippen LogP contribution < -0.4 is 4.74 Å². The summed E-state index contributed by atoms with van der Waals surface area (Å²) in [5.41, 5.74) is 0.280. The van der Waals surface area contributed by atoms with Gasteiger partial charge >= 0.3 is 6.01 Å². The maximum absolute atomic E-state index is 11.8. The number of carbonyl (C=O) groups is 1. The maximum Gasteiger partial charge on any atom is 0.322 e. The molecular formula is C12H15ClN6O2. The van der Waals surface area contributed by atoms with Crippen LogP contribution in [0.3, 0.4) is 0 Å². The number of nitrogens with zero attached hydrogens (tertiary/aromatic N) is 6. The van der Waals surface area contributed by atoms with Gasteiger partial charge in [0, 0.05) is 20.3 Å². The van der Waals surface area contributed by atoms with Gasteiger partial charge in [0.25, 0.3) is 11.9 Å². The number of ether oxygens (including phenoxy) is 1. The van der Waals surface area contributed by atoms with Crippen LogP contribution in [0.1, 0.15) is 24.3 Å². The molecule has 112 valence electrons. The molecule has 1 amide bonds. The molecule has 0 aliphatic carbocycles. The lowest BCUT2D eigenvalue weighted by atomic mass is 10.4. The Morgan fingerprint density at radius 3 is 2.67 bits per heavy atom. The summed E-state index contributed by atoms with van der Waals surface area (Å²) in [6.45, 7) is 3.69. The number of hydrogen-bond acceptors (Lipinski definition) is 6. The van der Waals surface area contributed by atoms with Crippen LogP contribution in [0.4, 0.5) is 0 Å². The number of aromatic nitrogens is 5. The third-order valence-corrected chi connectivity index (χ3v) is 2.51. The minimum absolute atomic E-state index is 0.00774. The lowest BCUT2D eigenvalue weighted by Gasteiger charge is -2.09. The predicted molar refractivity (Wildman–Crippen MR) is 75.7 cm³/mol. The van der Waals surface area contributed by atoms with Gasteiger partial charge in [-0.1, -0.05) is 0 Å². The van der Waals surface area contributed by atoms with Crippen molar-refractivity contribution >= 4 is 17.5 Å². The molecule has 0 aliphatic heterocycles. The summed E-state index contributed by atoms with van der Waals surface area (Å²) in [6.07, 6.45) is 1.47. The zero-order chi connectivity index (χ0) is 15.6. The molecule has 2 aromatic rings. The van der Waals surface area contributed by atoms with E-state index < -0.39 is 0 Å². The van der Waals surface area contributed by atoms with E-state index in [9.17, 15) is 4.79 Å². The first-order valence-electron chi connectivity index (χ1n) is 6.22. The summed E-state index contributed by atoms with van der Waals surface area (Å²) in [7, 11) is 3.30. The summed E-state index contributed by atoms with van der Waals surface area (Å²) in [6, 6.07) is 1.68. The molecule has 9 heteroatoms. The van der Waals surface area contributed by atoms with E-state index in [-0.39, 0.29) is 34.9 Å². The molecule has 0 bridgehead atoms. The second-order valence-corrected chi connectivity index (χ2v) is 5.04. The summed E-state index contributed by atoms with van der Waals surface area (Å²) in [5, 5.41) is 4.11. The molecule has 0 unspecified atom stereocenters. The first-order chi connectivity index (χ1) is 9.86. The smallest absolute Gasteiger partial charge is 0.322 e. The van der Waals surface area contributed by atoms with E-state index in [0.717, 1.165) is 0 Å². The SMILES string of the molecule is CC(C)Oc1nc(Cl)nc(-n2ccc(C(=O)N(C)C)n2)n1. The Kier molecular flexibility index (Phi) is 4.37. The Bertz CT molecular complexity index is 655. The summed E-state index contributed by atoms with van der Waals surface area (Å²) < 4.78 is 6.73. The van der Waals surface area contributed by atoms with Gasteiger partial charge in [-0.3, -0.25) is 4.79 Å².